The van der Waals surface area contributed by atoms with Crippen molar-refractivity contribution in [2.45, 2.75) is 32.7 Å². The smallest absolute Gasteiger partial charge is 0.241 e. The van der Waals surface area contributed by atoms with E-state index in [9.17, 15) is 13.2 Å². The van der Waals surface area contributed by atoms with Gasteiger partial charge in [0.05, 0.1) is 11.8 Å². The van der Waals surface area contributed by atoms with Crippen molar-refractivity contribution in [2.75, 3.05) is 15.8 Å². The maximum Gasteiger partial charge on any atom is 0.241 e. The average molecular weight is 299 g/mol. The zero-order valence-electron chi connectivity index (χ0n) is 11.7. The van der Waals surface area contributed by atoms with E-state index in [1.165, 1.54) is 0 Å². The van der Waals surface area contributed by atoms with Gasteiger partial charge >= 0.3 is 0 Å². The van der Waals surface area contributed by atoms with E-state index in [0.29, 0.717) is 17.8 Å². The summed E-state index contributed by atoms with van der Waals surface area (Å²) in [4.78, 5) is 11.7. The number of carbonyl (C=O) groups excluding carboxylic acids is 1. The van der Waals surface area contributed by atoms with Crippen molar-refractivity contribution in [1.29, 1.82) is 0 Å². The van der Waals surface area contributed by atoms with Crippen molar-refractivity contribution < 1.29 is 13.2 Å². The summed E-state index contributed by atoms with van der Waals surface area (Å²) in [7, 11) is -3.29. The van der Waals surface area contributed by atoms with Gasteiger partial charge in [0.15, 0.2) is 0 Å². The molecule has 0 aliphatic carbocycles. The van der Waals surface area contributed by atoms with Crippen LogP contribution >= 0.6 is 0 Å². The maximum atomic E-state index is 11.7. The average Bonchev–Trinajstić information content (AvgIpc) is 2.41. The fraction of sp³-hybridized carbons (Fsp3) is 0.462. The van der Waals surface area contributed by atoms with Crippen molar-refractivity contribution in [3.05, 3.63) is 24.3 Å². The highest BCUT2D eigenvalue weighted by Crippen LogP contribution is 2.15. The molecule has 112 valence electrons. The first-order valence-corrected chi connectivity index (χ1v) is 8.20. The number of sulfonamides is 1. The number of nitrogens with two attached hydrogens (primary N) is 1. The third kappa shape index (κ3) is 5.18. The van der Waals surface area contributed by atoms with E-state index in [0.717, 1.165) is 6.42 Å². The summed E-state index contributed by atoms with van der Waals surface area (Å²) < 4.78 is 25.2. The molecule has 1 aromatic rings. The van der Waals surface area contributed by atoms with Crippen molar-refractivity contribution in [3.63, 3.8) is 0 Å². The molecule has 0 radical (unpaired) electrons. The SMILES string of the molecule is CCC[C@@H](N)C(=O)Nc1ccc(NS(=O)(=O)CC)cc1. The third-order valence-electron chi connectivity index (χ3n) is 2.74. The van der Waals surface area contributed by atoms with Crippen LogP contribution in [0.4, 0.5) is 11.4 Å². The van der Waals surface area contributed by atoms with Crippen LogP contribution in [0.1, 0.15) is 26.7 Å². The third-order valence-corrected chi connectivity index (χ3v) is 4.05. The van der Waals surface area contributed by atoms with Gasteiger partial charge in [-0.1, -0.05) is 13.3 Å². The highest BCUT2D eigenvalue weighted by atomic mass is 32.2. The molecule has 20 heavy (non-hydrogen) atoms. The summed E-state index contributed by atoms with van der Waals surface area (Å²) in [6, 6.07) is 5.91. The lowest BCUT2D eigenvalue weighted by Crippen LogP contribution is -2.35. The van der Waals surface area contributed by atoms with E-state index in [2.05, 4.69) is 10.0 Å². The molecule has 0 saturated carbocycles. The zero-order chi connectivity index (χ0) is 15.2. The molecule has 1 rings (SSSR count). The first-order chi connectivity index (χ1) is 9.38. The van der Waals surface area contributed by atoms with Crippen molar-refractivity contribution in [2.24, 2.45) is 5.73 Å². The van der Waals surface area contributed by atoms with Gasteiger partial charge in [-0.25, -0.2) is 8.42 Å². The highest BCUT2D eigenvalue weighted by Gasteiger charge is 2.12. The molecule has 4 N–H and O–H groups in total. The molecule has 0 spiro atoms. The summed E-state index contributed by atoms with van der Waals surface area (Å²) in [5.74, 6) is -0.231. The summed E-state index contributed by atoms with van der Waals surface area (Å²) >= 11 is 0. The second-order valence-corrected chi connectivity index (χ2v) is 6.48. The molecule has 0 aliphatic heterocycles. The Bertz CT molecular complexity index is 540. The Morgan fingerprint density at radius 3 is 2.25 bits per heavy atom. The van der Waals surface area contributed by atoms with E-state index < -0.39 is 16.1 Å². The van der Waals surface area contributed by atoms with E-state index in [4.69, 9.17) is 5.73 Å². The van der Waals surface area contributed by atoms with E-state index in [1.807, 2.05) is 6.92 Å². The predicted molar refractivity (Wildman–Crippen MR) is 81.0 cm³/mol. The summed E-state index contributed by atoms with van der Waals surface area (Å²) in [6.07, 6.45) is 1.46. The van der Waals surface area contributed by atoms with E-state index >= 15 is 0 Å². The Kier molecular flexibility index (Phi) is 5.97. The Labute approximate surface area is 119 Å². The number of anilines is 2. The Hall–Kier alpha value is -1.60. The molecule has 1 aromatic carbocycles. The lowest BCUT2D eigenvalue weighted by atomic mass is 10.1. The molecule has 0 aromatic heterocycles. The number of rotatable bonds is 7. The molecule has 7 heteroatoms. The Morgan fingerprint density at radius 1 is 1.20 bits per heavy atom. The second kappa shape index (κ2) is 7.25. The lowest BCUT2D eigenvalue weighted by molar-refractivity contribution is -0.117. The molecule has 0 bridgehead atoms. The van der Waals surface area contributed by atoms with Crippen LogP contribution in [-0.4, -0.2) is 26.1 Å². The Balaban J connectivity index is 2.65. The molecule has 1 amide bonds. The number of hydrogen-bond acceptors (Lipinski definition) is 4. The largest absolute Gasteiger partial charge is 0.325 e. The van der Waals surface area contributed by atoms with Gasteiger partial charge in [0.2, 0.25) is 15.9 Å². The summed E-state index contributed by atoms with van der Waals surface area (Å²) in [5.41, 5.74) is 6.75. The first-order valence-electron chi connectivity index (χ1n) is 6.55. The van der Waals surface area contributed by atoms with Gasteiger partial charge in [0.1, 0.15) is 0 Å². The fourth-order valence-corrected chi connectivity index (χ4v) is 2.19. The quantitative estimate of drug-likeness (QED) is 0.710. The number of amides is 1. The molecule has 6 nitrogen and oxygen atoms in total. The van der Waals surface area contributed by atoms with E-state index in [1.54, 1.807) is 31.2 Å². The molecule has 0 heterocycles. The summed E-state index contributed by atoms with van der Waals surface area (Å²) in [6.45, 7) is 3.52. The zero-order valence-corrected chi connectivity index (χ0v) is 12.5. The van der Waals surface area contributed by atoms with Crippen LogP contribution in [-0.2, 0) is 14.8 Å². The van der Waals surface area contributed by atoms with Crippen molar-refractivity contribution in [1.82, 2.24) is 0 Å². The van der Waals surface area contributed by atoms with Gasteiger partial charge in [-0.2, -0.15) is 0 Å². The van der Waals surface area contributed by atoms with Crippen LogP contribution < -0.4 is 15.8 Å². The minimum atomic E-state index is -3.29. The number of carbonyl (C=O) groups is 1. The standard InChI is InChI=1S/C13H21N3O3S/c1-3-5-12(14)13(17)15-10-6-8-11(9-7-10)16-20(18,19)4-2/h6-9,12,16H,3-5,14H2,1-2H3,(H,15,17)/t12-/m1/s1. The Morgan fingerprint density at radius 2 is 1.75 bits per heavy atom. The van der Waals surface area contributed by atoms with Gasteiger partial charge in [0, 0.05) is 11.4 Å². The second-order valence-electron chi connectivity index (χ2n) is 4.47. The fourth-order valence-electron chi connectivity index (χ4n) is 1.55. The van der Waals surface area contributed by atoms with Gasteiger partial charge < -0.3 is 11.1 Å². The van der Waals surface area contributed by atoms with Gasteiger partial charge in [-0.3, -0.25) is 9.52 Å². The molecule has 0 aliphatic rings. The molecular weight excluding hydrogens is 278 g/mol. The number of benzene rings is 1. The minimum Gasteiger partial charge on any atom is -0.325 e. The molecule has 1 atom stereocenters. The van der Waals surface area contributed by atoms with Crippen LogP contribution in [0.15, 0.2) is 24.3 Å². The van der Waals surface area contributed by atoms with Gasteiger partial charge in [0.25, 0.3) is 0 Å². The van der Waals surface area contributed by atoms with Crippen LogP contribution in [0, 0.1) is 0 Å². The van der Waals surface area contributed by atoms with Gasteiger partial charge in [-0.05, 0) is 37.6 Å². The van der Waals surface area contributed by atoms with Crippen LogP contribution in [0.3, 0.4) is 0 Å². The van der Waals surface area contributed by atoms with Crippen LogP contribution in [0.2, 0.25) is 0 Å². The molecule has 0 unspecified atom stereocenters. The first kappa shape index (κ1) is 16.5. The maximum absolute atomic E-state index is 11.7. The number of hydrogen-bond donors (Lipinski definition) is 3. The molecule has 0 fully saturated rings. The lowest BCUT2D eigenvalue weighted by Gasteiger charge is -2.12. The van der Waals surface area contributed by atoms with Crippen molar-refractivity contribution in [3.8, 4) is 0 Å². The van der Waals surface area contributed by atoms with Crippen LogP contribution in [0.25, 0.3) is 0 Å². The van der Waals surface area contributed by atoms with Gasteiger partial charge in [-0.15, -0.1) is 0 Å². The highest BCUT2D eigenvalue weighted by molar-refractivity contribution is 7.92. The topological polar surface area (TPSA) is 101 Å². The normalized spacial score (nSPS) is 12.8. The molecular formula is C13H21N3O3S. The monoisotopic (exact) mass is 299 g/mol. The summed E-state index contributed by atoms with van der Waals surface area (Å²) in [5, 5.41) is 2.69. The van der Waals surface area contributed by atoms with E-state index in [-0.39, 0.29) is 11.7 Å². The predicted octanol–water partition coefficient (Wildman–Crippen LogP) is 1.51. The van der Waals surface area contributed by atoms with Crippen molar-refractivity contribution >= 4 is 27.3 Å². The minimum absolute atomic E-state index is 0.0113. The number of nitrogens with one attached hydrogen (secondary N) is 2. The molecule has 0 saturated heterocycles. The van der Waals surface area contributed by atoms with Crippen LogP contribution in [0.5, 0.6) is 0 Å².